The molecule has 1 unspecified atom stereocenters. The molecule has 0 aromatic carbocycles. The van der Waals surface area contributed by atoms with Crippen LogP contribution in [-0.2, 0) is 16.0 Å². The fourth-order valence-electron chi connectivity index (χ4n) is 2.54. The normalized spacial score (nSPS) is 18.1. The first kappa shape index (κ1) is 18.7. The number of rotatable bonds is 10. The Kier molecular flexibility index (Phi) is 8.62. The Morgan fingerprint density at radius 2 is 2.42 bits per heavy atom. The van der Waals surface area contributed by atoms with E-state index in [1.54, 1.807) is 0 Å². The summed E-state index contributed by atoms with van der Waals surface area (Å²) in [5, 5.41) is 10.9. The minimum Gasteiger partial charge on any atom is -0.381 e. The minimum absolute atomic E-state index is 0.582. The molecule has 0 amide bonds. The average Bonchev–Trinajstić information content (AvgIpc) is 3.22. The molecule has 2 heterocycles. The Hall–Kier alpha value is -1.60. The van der Waals surface area contributed by atoms with Crippen molar-refractivity contribution in [3.63, 3.8) is 0 Å². The van der Waals surface area contributed by atoms with Gasteiger partial charge in [-0.1, -0.05) is 0 Å². The molecule has 0 spiro atoms. The standard InChI is InChI=1S/C17H31N5O2/c1-3-18-17(20-7-8-22-12-15(2)11-21-22)19-6-4-9-23-13-16-5-10-24-14-16/h11-12,16H,3-10,13-14H2,1-2H3,(H2,18,19,20). The van der Waals surface area contributed by atoms with E-state index < -0.39 is 0 Å². The summed E-state index contributed by atoms with van der Waals surface area (Å²) in [6, 6.07) is 0. The molecule has 2 N–H and O–H groups in total. The first-order valence-corrected chi connectivity index (χ1v) is 8.94. The van der Waals surface area contributed by atoms with Gasteiger partial charge in [-0.3, -0.25) is 9.67 Å². The van der Waals surface area contributed by atoms with E-state index in [-0.39, 0.29) is 0 Å². The van der Waals surface area contributed by atoms with Crippen LogP contribution in [0.2, 0.25) is 0 Å². The van der Waals surface area contributed by atoms with E-state index in [1.165, 1.54) is 5.56 Å². The van der Waals surface area contributed by atoms with Crippen LogP contribution in [0, 0.1) is 12.8 Å². The highest BCUT2D eigenvalue weighted by atomic mass is 16.5. The Balaban J connectivity index is 1.57. The zero-order valence-corrected chi connectivity index (χ0v) is 15.0. The molecule has 7 nitrogen and oxygen atoms in total. The van der Waals surface area contributed by atoms with Gasteiger partial charge < -0.3 is 20.1 Å². The van der Waals surface area contributed by atoms with Gasteiger partial charge in [0.1, 0.15) is 0 Å². The van der Waals surface area contributed by atoms with E-state index in [4.69, 9.17) is 9.47 Å². The molecule has 1 fully saturated rings. The topological polar surface area (TPSA) is 72.7 Å². The number of hydrogen-bond donors (Lipinski definition) is 2. The third-order valence-electron chi connectivity index (χ3n) is 3.83. The first-order chi connectivity index (χ1) is 11.8. The van der Waals surface area contributed by atoms with Crippen molar-refractivity contribution in [1.82, 2.24) is 20.4 Å². The number of aliphatic imine (C=N–C) groups is 1. The van der Waals surface area contributed by atoms with E-state index in [2.05, 4.69) is 27.6 Å². The van der Waals surface area contributed by atoms with Crippen molar-refractivity contribution in [1.29, 1.82) is 0 Å². The largest absolute Gasteiger partial charge is 0.381 e. The molecule has 1 aromatic rings. The highest BCUT2D eigenvalue weighted by molar-refractivity contribution is 5.79. The Morgan fingerprint density at radius 1 is 1.50 bits per heavy atom. The van der Waals surface area contributed by atoms with Gasteiger partial charge in [0.2, 0.25) is 0 Å². The smallest absolute Gasteiger partial charge is 0.191 e. The van der Waals surface area contributed by atoms with Crippen LogP contribution >= 0.6 is 0 Å². The Labute approximate surface area is 144 Å². The monoisotopic (exact) mass is 337 g/mol. The summed E-state index contributed by atoms with van der Waals surface area (Å²) in [6.45, 7) is 10.6. The summed E-state index contributed by atoms with van der Waals surface area (Å²) >= 11 is 0. The molecule has 136 valence electrons. The van der Waals surface area contributed by atoms with Crippen molar-refractivity contribution in [2.45, 2.75) is 33.2 Å². The van der Waals surface area contributed by atoms with Crippen molar-refractivity contribution in [2.75, 3.05) is 46.1 Å². The molecular weight excluding hydrogens is 306 g/mol. The molecule has 0 radical (unpaired) electrons. The maximum absolute atomic E-state index is 5.70. The van der Waals surface area contributed by atoms with Crippen LogP contribution in [0.5, 0.6) is 0 Å². The fourth-order valence-corrected chi connectivity index (χ4v) is 2.54. The summed E-state index contributed by atoms with van der Waals surface area (Å²) in [4.78, 5) is 4.58. The van der Waals surface area contributed by atoms with E-state index >= 15 is 0 Å². The highest BCUT2D eigenvalue weighted by Crippen LogP contribution is 2.12. The zero-order chi connectivity index (χ0) is 17.0. The lowest BCUT2D eigenvalue weighted by atomic mass is 10.1. The van der Waals surface area contributed by atoms with E-state index in [0.717, 1.165) is 71.4 Å². The predicted octanol–water partition coefficient (Wildman–Crippen LogP) is 1.19. The third-order valence-corrected chi connectivity index (χ3v) is 3.83. The molecule has 1 aliphatic heterocycles. The number of nitrogens with one attached hydrogen (secondary N) is 2. The lowest BCUT2D eigenvalue weighted by Crippen LogP contribution is -2.39. The number of guanidine groups is 1. The molecule has 1 atom stereocenters. The van der Waals surface area contributed by atoms with Crippen LogP contribution < -0.4 is 10.6 Å². The van der Waals surface area contributed by atoms with Crippen molar-refractivity contribution < 1.29 is 9.47 Å². The van der Waals surface area contributed by atoms with Crippen molar-refractivity contribution in [2.24, 2.45) is 10.9 Å². The second kappa shape index (κ2) is 11.0. The van der Waals surface area contributed by atoms with E-state index in [1.807, 2.05) is 24.0 Å². The van der Waals surface area contributed by atoms with Gasteiger partial charge in [0, 0.05) is 45.0 Å². The van der Waals surface area contributed by atoms with Gasteiger partial charge in [-0.2, -0.15) is 5.10 Å². The summed E-state index contributed by atoms with van der Waals surface area (Å²) in [7, 11) is 0. The van der Waals surface area contributed by atoms with Crippen LogP contribution in [0.25, 0.3) is 0 Å². The molecular formula is C17H31N5O2. The lowest BCUT2D eigenvalue weighted by molar-refractivity contribution is 0.0893. The van der Waals surface area contributed by atoms with Gasteiger partial charge in [0.25, 0.3) is 0 Å². The third kappa shape index (κ3) is 7.31. The first-order valence-electron chi connectivity index (χ1n) is 8.94. The van der Waals surface area contributed by atoms with Gasteiger partial charge in [0.15, 0.2) is 5.96 Å². The van der Waals surface area contributed by atoms with Gasteiger partial charge in [-0.05, 0) is 32.3 Å². The molecule has 0 aliphatic carbocycles. The maximum Gasteiger partial charge on any atom is 0.191 e. The van der Waals surface area contributed by atoms with Crippen molar-refractivity contribution >= 4 is 5.96 Å². The SMILES string of the molecule is CCNC(=NCCCOCC1CCOC1)NCCn1cc(C)cn1. The molecule has 0 saturated carbocycles. The van der Waals surface area contributed by atoms with Gasteiger partial charge in [-0.25, -0.2) is 0 Å². The van der Waals surface area contributed by atoms with Crippen LogP contribution in [0.1, 0.15) is 25.3 Å². The zero-order valence-electron chi connectivity index (χ0n) is 15.0. The lowest BCUT2D eigenvalue weighted by Gasteiger charge is -2.11. The van der Waals surface area contributed by atoms with Gasteiger partial charge in [-0.15, -0.1) is 0 Å². The Bertz CT molecular complexity index is 483. The summed E-state index contributed by atoms with van der Waals surface area (Å²) in [5.41, 5.74) is 1.18. The molecule has 1 saturated heterocycles. The van der Waals surface area contributed by atoms with Gasteiger partial charge >= 0.3 is 0 Å². The summed E-state index contributed by atoms with van der Waals surface area (Å²) in [5.74, 6) is 1.43. The average molecular weight is 337 g/mol. The molecule has 1 aliphatic rings. The quantitative estimate of drug-likeness (QED) is 0.381. The summed E-state index contributed by atoms with van der Waals surface area (Å²) in [6.07, 6.45) is 5.97. The molecule has 0 bridgehead atoms. The minimum atomic E-state index is 0.582. The Morgan fingerprint density at radius 3 is 3.12 bits per heavy atom. The van der Waals surface area contributed by atoms with Crippen LogP contribution in [-0.4, -0.2) is 61.8 Å². The molecule has 2 rings (SSSR count). The van der Waals surface area contributed by atoms with Crippen LogP contribution in [0.15, 0.2) is 17.4 Å². The number of aryl methyl sites for hydroxylation is 1. The van der Waals surface area contributed by atoms with Crippen LogP contribution in [0.4, 0.5) is 0 Å². The number of aromatic nitrogens is 2. The summed E-state index contributed by atoms with van der Waals surface area (Å²) < 4.78 is 13.0. The number of ether oxygens (including phenoxy) is 2. The second-order valence-corrected chi connectivity index (χ2v) is 6.13. The van der Waals surface area contributed by atoms with Crippen LogP contribution in [0.3, 0.4) is 0 Å². The van der Waals surface area contributed by atoms with E-state index in [9.17, 15) is 0 Å². The number of hydrogen-bond acceptors (Lipinski definition) is 4. The van der Waals surface area contributed by atoms with Gasteiger partial charge in [0.05, 0.1) is 26.0 Å². The molecule has 1 aromatic heterocycles. The molecule has 7 heteroatoms. The van der Waals surface area contributed by atoms with Crippen molar-refractivity contribution in [3.8, 4) is 0 Å². The fraction of sp³-hybridized carbons (Fsp3) is 0.765. The highest BCUT2D eigenvalue weighted by Gasteiger charge is 2.15. The second-order valence-electron chi connectivity index (χ2n) is 6.13. The maximum atomic E-state index is 5.70. The van der Waals surface area contributed by atoms with E-state index in [0.29, 0.717) is 5.92 Å². The predicted molar refractivity (Wildman–Crippen MR) is 95.3 cm³/mol. The number of nitrogens with zero attached hydrogens (tertiary/aromatic N) is 3. The van der Waals surface area contributed by atoms with Crippen molar-refractivity contribution in [3.05, 3.63) is 18.0 Å². The molecule has 24 heavy (non-hydrogen) atoms.